The molecule has 30 heavy (non-hydrogen) atoms. The summed E-state index contributed by atoms with van der Waals surface area (Å²) in [4.78, 5) is 28.9. The minimum atomic E-state index is 0.00642. The van der Waals surface area contributed by atoms with E-state index in [-0.39, 0.29) is 23.4 Å². The fourth-order valence-corrected chi connectivity index (χ4v) is 5.72. The van der Waals surface area contributed by atoms with Crippen LogP contribution in [0.4, 0.5) is 0 Å². The number of nitrogens with one attached hydrogen (secondary N) is 1. The first-order valence-corrected chi connectivity index (χ1v) is 12.5. The summed E-state index contributed by atoms with van der Waals surface area (Å²) in [6, 6.07) is 8.32. The first-order chi connectivity index (χ1) is 14.4. The van der Waals surface area contributed by atoms with Crippen LogP contribution in [0.25, 0.3) is 0 Å². The maximum atomic E-state index is 12.4. The monoisotopic (exact) mass is 451 g/mol. The van der Waals surface area contributed by atoms with Crippen LogP contribution in [0.15, 0.2) is 24.3 Å². The zero-order valence-corrected chi connectivity index (χ0v) is 19.7. The van der Waals surface area contributed by atoms with Gasteiger partial charge in [-0.3, -0.25) is 9.59 Å². The molecule has 0 atom stereocenters. The zero-order valence-electron chi connectivity index (χ0n) is 18.2. The number of hydrogen-bond acceptors (Lipinski definition) is 4. The Labute approximate surface area is 189 Å². The molecule has 1 saturated heterocycles. The predicted octanol–water partition coefficient (Wildman–Crippen LogP) is 3.60. The topological polar surface area (TPSA) is 52.7 Å². The van der Waals surface area contributed by atoms with Crippen LogP contribution in [0.5, 0.6) is 0 Å². The van der Waals surface area contributed by atoms with E-state index in [0.717, 1.165) is 61.7 Å². The fraction of sp³-hybridized carbons (Fsp3) is 0.652. The molecule has 0 bridgehead atoms. The van der Waals surface area contributed by atoms with Gasteiger partial charge in [0, 0.05) is 54.0 Å². The lowest BCUT2D eigenvalue weighted by Crippen LogP contribution is -2.52. The van der Waals surface area contributed by atoms with Crippen molar-refractivity contribution < 1.29 is 9.59 Å². The van der Waals surface area contributed by atoms with E-state index in [2.05, 4.69) is 36.4 Å². The average Bonchev–Trinajstić information content (AvgIpc) is 2.74. The summed E-state index contributed by atoms with van der Waals surface area (Å²) in [5, 5.41) is 3.95. The molecule has 5 nitrogen and oxygen atoms in total. The molecule has 1 heterocycles. The number of likely N-dealkylation sites (N-methyl/N-ethyl adjacent to an activating group) is 1. The smallest absolute Gasteiger partial charge is 0.223 e. The number of nitrogens with zero attached hydrogens (tertiary/aromatic N) is 2. The van der Waals surface area contributed by atoms with Gasteiger partial charge in [0.2, 0.25) is 11.8 Å². The molecule has 1 aromatic rings. The number of carbonyl (C=O) groups is 2. The third kappa shape index (κ3) is 6.38. The van der Waals surface area contributed by atoms with Gasteiger partial charge in [-0.15, -0.1) is 0 Å². The van der Waals surface area contributed by atoms with Crippen molar-refractivity contribution in [1.29, 1.82) is 0 Å². The summed E-state index contributed by atoms with van der Waals surface area (Å²) < 4.78 is 0. The predicted molar refractivity (Wildman–Crippen MR) is 125 cm³/mol. The highest BCUT2D eigenvalue weighted by Gasteiger charge is 2.37. The van der Waals surface area contributed by atoms with Crippen LogP contribution in [0.3, 0.4) is 0 Å². The van der Waals surface area contributed by atoms with Crippen molar-refractivity contribution in [3.05, 3.63) is 34.9 Å². The Kier molecular flexibility index (Phi) is 8.49. The molecule has 2 amide bonds. The van der Waals surface area contributed by atoms with Gasteiger partial charge in [0.25, 0.3) is 0 Å². The van der Waals surface area contributed by atoms with E-state index in [1.54, 1.807) is 0 Å². The van der Waals surface area contributed by atoms with Gasteiger partial charge >= 0.3 is 0 Å². The third-order valence-corrected chi connectivity index (χ3v) is 7.76. The van der Waals surface area contributed by atoms with Crippen LogP contribution in [0.2, 0.25) is 5.02 Å². The number of carbonyl (C=O) groups excluding carboxylic acids is 2. The second kappa shape index (κ2) is 10.9. The number of rotatable bonds is 7. The number of thioether (sulfide) groups is 1. The number of benzene rings is 1. The summed E-state index contributed by atoms with van der Waals surface area (Å²) >= 11 is 8.06. The fourth-order valence-electron chi connectivity index (χ4n) is 4.60. The molecule has 1 aliphatic heterocycles. The minimum Gasteiger partial charge on any atom is -0.353 e. The van der Waals surface area contributed by atoms with Crippen LogP contribution in [-0.4, -0.2) is 71.9 Å². The van der Waals surface area contributed by atoms with Crippen molar-refractivity contribution in [2.75, 3.05) is 38.7 Å². The Hall–Kier alpha value is -1.24. The molecule has 0 aromatic heterocycles. The van der Waals surface area contributed by atoms with Crippen molar-refractivity contribution in [1.82, 2.24) is 15.1 Å². The Morgan fingerprint density at radius 3 is 2.53 bits per heavy atom. The van der Waals surface area contributed by atoms with Crippen LogP contribution in [0.1, 0.15) is 44.1 Å². The van der Waals surface area contributed by atoms with E-state index in [9.17, 15) is 9.59 Å². The molecule has 2 fully saturated rings. The van der Waals surface area contributed by atoms with Gasteiger partial charge in [-0.1, -0.05) is 23.7 Å². The molecule has 1 saturated carbocycles. The first-order valence-electron chi connectivity index (χ1n) is 10.9. The van der Waals surface area contributed by atoms with E-state index in [1.165, 1.54) is 5.56 Å². The Morgan fingerprint density at radius 1 is 1.20 bits per heavy atom. The molecule has 2 aliphatic rings. The van der Waals surface area contributed by atoms with Crippen molar-refractivity contribution in [3.8, 4) is 0 Å². The Balaban J connectivity index is 1.46. The summed E-state index contributed by atoms with van der Waals surface area (Å²) in [6.45, 7) is 1.62. The molecule has 0 radical (unpaired) electrons. The molecule has 0 spiro atoms. The van der Waals surface area contributed by atoms with Crippen LogP contribution >= 0.6 is 23.4 Å². The van der Waals surface area contributed by atoms with Gasteiger partial charge in [0.15, 0.2) is 0 Å². The number of amides is 2. The summed E-state index contributed by atoms with van der Waals surface area (Å²) in [6.07, 6.45) is 5.55. The molecule has 1 N–H and O–H groups in total. The van der Waals surface area contributed by atoms with Crippen molar-refractivity contribution in [3.63, 3.8) is 0 Å². The Bertz CT molecular complexity index is 729. The first kappa shape index (κ1) is 23.4. The molecule has 3 rings (SSSR count). The molecule has 7 heteroatoms. The molecular weight excluding hydrogens is 418 g/mol. The van der Waals surface area contributed by atoms with Gasteiger partial charge in [-0.25, -0.2) is 0 Å². The zero-order chi connectivity index (χ0) is 21.6. The van der Waals surface area contributed by atoms with Crippen LogP contribution in [-0.2, 0) is 16.0 Å². The maximum Gasteiger partial charge on any atom is 0.223 e. The minimum absolute atomic E-state index is 0.00642. The van der Waals surface area contributed by atoms with E-state index >= 15 is 0 Å². The van der Waals surface area contributed by atoms with E-state index in [4.69, 9.17) is 11.6 Å². The highest BCUT2D eigenvalue weighted by molar-refractivity contribution is 7.99. The quantitative estimate of drug-likeness (QED) is 0.688. The third-order valence-electron chi connectivity index (χ3n) is 6.58. The molecule has 166 valence electrons. The lowest BCUT2D eigenvalue weighted by Gasteiger charge is -2.45. The largest absolute Gasteiger partial charge is 0.353 e. The van der Waals surface area contributed by atoms with E-state index < -0.39 is 0 Å². The second-order valence-corrected chi connectivity index (χ2v) is 10.4. The number of hydrogen-bond donors (Lipinski definition) is 1. The highest BCUT2D eigenvalue weighted by atomic mass is 35.5. The van der Waals surface area contributed by atoms with E-state index in [0.29, 0.717) is 12.8 Å². The summed E-state index contributed by atoms with van der Waals surface area (Å²) in [5.41, 5.74) is 1.35. The van der Waals surface area contributed by atoms with Crippen molar-refractivity contribution in [2.45, 2.75) is 56.5 Å². The lowest BCUT2D eigenvalue weighted by atomic mass is 9.75. The maximum absolute atomic E-state index is 12.4. The van der Waals surface area contributed by atoms with Gasteiger partial charge in [0.1, 0.15) is 0 Å². The highest BCUT2D eigenvalue weighted by Crippen LogP contribution is 2.36. The molecule has 0 unspecified atom stereocenters. The van der Waals surface area contributed by atoms with Crippen molar-refractivity contribution >= 4 is 35.2 Å². The SMILES string of the molecule is CN(C)C1(Cc2cccc(Cl)c2)CCC(NC(=O)CCC(=O)N2CCSCC2)CC1. The van der Waals surface area contributed by atoms with Gasteiger partial charge in [0.05, 0.1) is 0 Å². The summed E-state index contributed by atoms with van der Waals surface area (Å²) in [7, 11) is 4.29. The number of halogens is 1. The molecule has 1 aromatic carbocycles. The summed E-state index contributed by atoms with van der Waals surface area (Å²) in [5.74, 6) is 2.13. The second-order valence-electron chi connectivity index (χ2n) is 8.76. The average molecular weight is 452 g/mol. The van der Waals surface area contributed by atoms with Gasteiger partial charge in [-0.05, 0) is 63.9 Å². The molecule has 1 aliphatic carbocycles. The standard InChI is InChI=1S/C23H34ClN3O2S/c1-26(2)23(17-18-4-3-5-19(24)16-18)10-8-20(9-11-23)25-21(28)6-7-22(29)27-12-14-30-15-13-27/h3-5,16,20H,6-15,17H2,1-2H3,(H,25,28). The van der Waals surface area contributed by atoms with Gasteiger partial charge < -0.3 is 15.1 Å². The van der Waals surface area contributed by atoms with Gasteiger partial charge in [-0.2, -0.15) is 11.8 Å². The van der Waals surface area contributed by atoms with Crippen molar-refractivity contribution in [2.24, 2.45) is 0 Å². The lowest BCUT2D eigenvalue weighted by molar-refractivity contribution is -0.133. The normalized spacial score (nSPS) is 24.7. The Morgan fingerprint density at radius 2 is 1.90 bits per heavy atom. The molecular formula is C23H34ClN3O2S. The van der Waals surface area contributed by atoms with Crippen LogP contribution in [0, 0.1) is 0 Å². The van der Waals surface area contributed by atoms with Crippen LogP contribution < -0.4 is 5.32 Å². The van der Waals surface area contributed by atoms with E-state index in [1.807, 2.05) is 28.8 Å².